The summed E-state index contributed by atoms with van der Waals surface area (Å²) in [7, 11) is 0. The van der Waals surface area contributed by atoms with Crippen LogP contribution >= 0.6 is 11.6 Å². The molecule has 0 atom stereocenters. The standard InChI is InChI=1S/C16H19ClN4O3/c1-2-24-16(23)21-7-5-11(6-8-21)18-15(22)14-12-9-10(17)3-4-13(12)19-20-14/h3-4,9,11H,2,5-8H2,1H3,(H,18,22)(H,19,20). The molecule has 0 saturated carbocycles. The highest BCUT2D eigenvalue weighted by Gasteiger charge is 2.25. The predicted molar refractivity (Wildman–Crippen MR) is 90.2 cm³/mol. The highest BCUT2D eigenvalue weighted by atomic mass is 35.5. The number of likely N-dealkylation sites (tertiary alicyclic amines) is 1. The number of fused-ring (bicyclic) bond motifs is 1. The van der Waals surface area contributed by atoms with Gasteiger partial charge in [-0.25, -0.2) is 4.79 Å². The second kappa shape index (κ2) is 7.09. The summed E-state index contributed by atoms with van der Waals surface area (Å²) < 4.78 is 4.99. The fourth-order valence-electron chi connectivity index (χ4n) is 2.83. The fraction of sp³-hybridized carbons (Fsp3) is 0.438. The van der Waals surface area contributed by atoms with Gasteiger partial charge in [0.15, 0.2) is 5.69 Å². The maximum absolute atomic E-state index is 12.5. The summed E-state index contributed by atoms with van der Waals surface area (Å²) in [6.45, 7) is 3.28. The molecule has 1 aliphatic rings. The Kier molecular flexibility index (Phi) is 4.89. The first-order chi connectivity index (χ1) is 11.6. The van der Waals surface area contributed by atoms with E-state index in [0.29, 0.717) is 48.6 Å². The number of ether oxygens (including phenoxy) is 1. The molecule has 0 aliphatic carbocycles. The highest BCUT2D eigenvalue weighted by molar-refractivity contribution is 6.31. The molecule has 0 spiro atoms. The number of rotatable bonds is 3. The minimum absolute atomic E-state index is 0.00844. The largest absolute Gasteiger partial charge is 0.450 e. The molecule has 3 rings (SSSR count). The Morgan fingerprint density at radius 1 is 1.42 bits per heavy atom. The van der Waals surface area contributed by atoms with Crippen LogP contribution in [0.3, 0.4) is 0 Å². The SMILES string of the molecule is CCOC(=O)N1CCC(NC(=O)c2n[nH]c3ccc(Cl)cc23)CC1. The van der Waals surface area contributed by atoms with Gasteiger partial charge in [0.25, 0.3) is 5.91 Å². The number of piperidine rings is 1. The summed E-state index contributed by atoms with van der Waals surface area (Å²) in [5, 5.41) is 11.2. The molecule has 7 nitrogen and oxygen atoms in total. The van der Waals surface area contributed by atoms with Crippen molar-refractivity contribution in [2.45, 2.75) is 25.8 Å². The van der Waals surface area contributed by atoms with Gasteiger partial charge in [0, 0.05) is 29.5 Å². The molecule has 1 aromatic carbocycles. The molecule has 0 bridgehead atoms. The predicted octanol–water partition coefficient (Wildman–Crippen LogP) is 2.57. The molecule has 2 amide bonds. The number of nitrogens with one attached hydrogen (secondary N) is 2. The van der Waals surface area contributed by atoms with Crippen molar-refractivity contribution >= 4 is 34.5 Å². The zero-order valence-electron chi connectivity index (χ0n) is 13.3. The molecule has 0 unspecified atom stereocenters. The molecule has 0 radical (unpaired) electrons. The van der Waals surface area contributed by atoms with Crippen LogP contribution in [0.5, 0.6) is 0 Å². The van der Waals surface area contributed by atoms with Crippen molar-refractivity contribution < 1.29 is 14.3 Å². The van der Waals surface area contributed by atoms with E-state index in [9.17, 15) is 9.59 Å². The number of aromatic nitrogens is 2. The Morgan fingerprint density at radius 3 is 2.88 bits per heavy atom. The van der Waals surface area contributed by atoms with Crippen LogP contribution in [0.1, 0.15) is 30.3 Å². The topological polar surface area (TPSA) is 87.3 Å². The smallest absolute Gasteiger partial charge is 0.409 e. The van der Waals surface area contributed by atoms with Crippen molar-refractivity contribution in [1.29, 1.82) is 0 Å². The van der Waals surface area contributed by atoms with E-state index in [0.717, 1.165) is 5.52 Å². The van der Waals surface area contributed by atoms with Gasteiger partial charge in [-0.15, -0.1) is 0 Å². The minimum atomic E-state index is -0.296. The van der Waals surface area contributed by atoms with E-state index < -0.39 is 0 Å². The van der Waals surface area contributed by atoms with Crippen LogP contribution in [0.2, 0.25) is 5.02 Å². The number of benzene rings is 1. The Hall–Kier alpha value is -2.28. The average Bonchev–Trinajstić information content (AvgIpc) is 2.98. The first-order valence-corrected chi connectivity index (χ1v) is 8.32. The van der Waals surface area contributed by atoms with Gasteiger partial charge in [0.05, 0.1) is 12.1 Å². The fourth-order valence-corrected chi connectivity index (χ4v) is 3.01. The van der Waals surface area contributed by atoms with Gasteiger partial charge in [-0.3, -0.25) is 9.89 Å². The molecule has 2 heterocycles. The van der Waals surface area contributed by atoms with Crippen molar-refractivity contribution in [3.8, 4) is 0 Å². The van der Waals surface area contributed by atoms with E-state index in [1.165, 1.54) is 0 Å². The molecule has 1 aliphatic heterocycles. The Bertz CT molecular complexity index is 753. The lowest BCUT2D eigenvalue weighted by Crippen LogP contribution is -2.46. The first-order valence-electron chi connectivity index (χ1n) is 7.94. The van der Waals surface area contributed by atoms with Gasteiger partial charge in [-0.1, -0.05) is 11.6 Å². The summed E-state index contributed by atoms with van der Waals surface area (Å²) in [5.74, 6) is -0.238. The lowest BCUT2D eigenvalue weighted by Gasteiger charge is -2.31. The summed E-state index contributed by atoms with van der Waals surface area (Å²) in [5.41, 5.74) is 1.10. The van der Waals surface area contributed by atoms with Crippen LogP contribution in [0.25, 0.3) is 10.9 Å². The van der Waals surface area contributed by atoms with Crippen molar-refractivity contribution in [3.63, 3.8) is 0 Å². The lowest BCUT2D eigenvalue weighted by molar-refractivity contribution is 0.0858. The van der Waals surface area contributed by atoms with E-state index >= 15 is 0 Å². The summed E-state index contributed by atoms with van der Waals surface area (Å²) in [4.78, 5) is 25.8. The van der Waals surface area contributed by atoms with Crippen LogP contribution in [0.15, 0.2) is 18.2 Å². The quantitative estimate of drug-likeness (QED) is 0.890. The van der Waals surface area contributed by atoms with Crippen molar-refractivity contribution in [3.05, 3.63) is 28.9 Å². The first kappa shape index (κ1) is 16.6. The van der Waals surface area contributed by atoms with E-state index in [4.69, 9.17) is 16.3 Å². The molecule has 24 heavy (non-hydrogen) atoms. The second-order valence-electron chi connectivity index (χ2n) is 5.70. The molecule has 2 N–H and O–H groups in total. The van der Waals surface area contributed by atoms with E-state index in [1.54, 1.807) is 30.0 Å². The number of hydrogen-bond donors (Lipinski definition) is 2. The summed E-state index contributed by atoms with van der Waals surface area (Å²) in [6, 6.07) is 5.27. The van der Waals surface area contributed by atoms with Gasteiger partial charge in [0.1, 0.15) is 0 Å². The van der Waals surface area contributed by atoms with Gasteiger partial charge >= 0.3 is 6.09 Å². The summed E-state index contributed by atoms with van der Waals surface area (Å²) in [6.07, 6.45) is 1.08. The molecule has 1 saturated heterocycles. The second-order valence-corrected chi connectivity index (χ2v) is 6.13. The molecule has 128 valence electrons. The number of carbonyl (C=O) groups excluding carboxylic acids is 2. The number of amides is 2. The summed E-state index contributed by atoms with van der Waals surface area (Å²) >= 11 is 5.99. The van der Waals surface area contributed by atoms with E-state index in [1.807, 2.05) is 0 Å². The Balaban J connectivity index is 1.61. The van der Waals surface area contributed by atoms with Crippen LogP contribution in [-0.4, -0.2) is 52.8 Å². The number of hydrogen-bond acceptors (Lipinski definition) is 4. The number of nitrogens with zero attached hydrogens (tertiary/aromatic N) is 2. The molecular weight excluding hydrogens is 332 g/mol. The van der Waals surface area contributed by atoms with Crippen molar-refractivity contribution in [2.75, 3.05) is 19.7 Å². The number of carbonyl (C=O) groups is 2. The average molecular weight is 351 g/mol. The third kappa shape index (κ3) is 3.46. The zero-order chi connectivity index (χ0) is 17.1. The number of halogens is 1. The third-order valence-corrected chi connectivity index (χ3v) is 4.33. The van der Waals surface area contributed by atoms with Crippen LogP contribution in [0.4, 0.5) is 4.79 Å². The molecule has 1 aromatic heterocycles. The normalized spacial score (nSPS) is 15.5. The van der Waals surface area contributed by atoms with Crippen LogP contribution in [0, 0.1) is 0 Å². The number of H-pyrrole nitrogens is 1. The maximum atomic E-state index is 12.5. The zero-order valence-corrected chi connectivity index (χ0v) is 14.1. The van der Waals surface area contributed by atoms with Gasteiger partial charge in [0.2, 0.25) is 0 Å². The monoisotopic (exact) mass is 350 g/mol. The van der Waals surface area contributed by atoms with Crippen LogP contribution < -0.4 is 5.32 Å². The molecule has 8 heteroatoms. The molecule has 1 fully saturated rings. The van der Waals surface area contributed by atoms with Gasteiger partial charge < -0.3 is 15.0 Å². The third-order valence-electron chi connectivity index (χ3n) is 4.10. The van der Waals surface area contributed by atoms with Gasteiger partial charge in [-0.05, 0) is 38.0 Å². The van der Waals surface area contributed by atoms with E-state index in [-0.39, 0.29) is 18.0 Å². The van der Waals surface area contributed by atoms with Crippen molar-refractivity contribution in [1.82, 2.24) is 20.4 Å². The van der Waals surface area contributed by atoms with Gasteiger partial charge in [-0.2, -0.15) is 5.10 Å². The Morgan fingerprint density at radius 2 is 2.17 bits per heavy atom. The Labute approximate surface area is 144 Å². The highest BCUT2D eigenvalue weighted by Crippen LogP contribution is 2.21. The maximum Gasteiger partial charge on any atom is 0.409 e. The molecular formula is C16H19ClN4O3. The van der Waals surface area contributed by atoms with Crippen molar-refractivity contribution in [2.24, 2.45) is 0 Å². The number of aromatic amines is 1. The van der Waals surface area contributed by atoms with Crippen LogP contribution in [-0.2, 0) is 4.74 Å². The minimum Gasteiger partial charge on any atom is -0.450 e. The lowest BCUT2D eigenvalue weighted by atomic mass is 10.0. The van der Waals surface area contributed by atoms with E-state index in [2.05, 4.69) is 15.5 Å². The molecule has 2 aromatic rings.